The molecule has 0 aliphatic carbocycles. The highest BCUT2D eigenvalue weighted by molar-refractivity contribution is 7.80. The molecule has 0 spiro atoms. The summed E-state index contributed by atoms with van der Waals surface area (Å²) in [6.07, 6.45) is 0. The monoisotopic (exact) mass is 268 g/mol. The number of carbonyl (C=O) groups is 1. The minimum Gasteiger partial charge on any atom is -0.392 e. The van der Waals surface area contributed by atoms with E-state index < -0.39 is 5.41 Å². The lowest BCUT2D eigenvalue weighted by atomic mass is 9.91. The molecule has 0 aliphatic heterocycles. The number of benzene rings is 1. The van der Waals surface area contributed by atoms with Gasteiger partial charge in [0.15, 0.2) is 0 Å². The second-order valence-electron chi connectivity index (χ2n) is 4.78. The molecule has 2 N–H and O–H groups in total. The minimum atomic E-state index is -0.891. The van der Waals surface area contributed by atoms with E-state index in [9.17, 15) is 9.18 Å². The Bertz CT molecular complexity index is 474. The van der Waals surface area contributed by atoms with Crippen molar-refractivity contribution in [1.29, 1.82) is 0 Å². The Morgan fingerprint density at radius 3 is 2.61 bits per heavy atom. The van der Waals surface area contributed by atoms with E-state index in [2.05, 4.69) is 0 Å². The van der Waals surface area contributed by atoms with E-state index in [1.54, 1.807) is 33.0 Å². The van der Waals surface area contributed by atoms with Crippen molar-refractivity contribution in [2.75, 3.05) is 7.05 Å². The first kappa shape index (κ1) is 14.6. The number of hydrogen-bond acceptors (Lipinski definition) is 2. The predicted octanol–water partition coefficient (Wildman–Crippen LogP) is 2.10. The van der Waals surface area contributed by atoms with Crippen LogP contribution in [0.15, 0.2) is 24.3 Å². The normalized spacial score (nSPS) is 11.1. The van der Waals surface area contributed by atoms with E-state index in [-0.39, 0.29) is 16.7 Å². The largest absolute Gasteiger partial charge is 0.392 e. The molecule has 98 valence electrons. The van der Waals surface area contributed by atoms with Crippen molar-refractivity contribution < 1.29 is 9.18 Å². The van der Waals surface area contributed by atoms with E-state index in [0.717, 1.165) is 5.56 Å². The molecule has 0 saturated heterocycles. The summed E-state index contributed by atoms with van der Waals surface area (Å²) in [5, 5.41) is 0. The van der Waals surface area contributed by atoms with Gasteiger partial charge in [0, 0.05) is 13.6 Å². The second kappa shape index (κ2) is 5.44. The first-order chi connectivity index (χ1) is 8.25. The third-order valence-electron chi connectivity index (χ3n) is 2.81. The number of nitrogens with two attached hydrogens (primary N) is 1. The van der Waals surface area contributed by atoms with Crippen LogP contribution in [0.1, 0.15) is 19.4 Å². The van der Waals surface area contributed by atoms with Crippen molar-refractivity contribution in [2.45, 2.75) is 20.4 Å². The smallest absolute Gasteiger partial charge is 0.235 e. The fourth-order valence-corrected chi connectivity index (χ4v) is 1.65. The first-order valence-corrected chi connectivity index (χ1v) is 5.96. The lowest BCUT2D eigenvalue weighted by Crippen LogP contribution is -2.45. The highest BCUT2D eigenvalue weighted by Crippen LogP contribution is 2.20. The topological polar surface area (TPSA) is 46.3 Å². The molecule has 0 heterocycles. The number of thiocarbonyl (C=S) groups is 1. The molecule has 5 heteroatoms. The van der Waals surface area contributed by atoms with Gasteiger partial charge in [0.25, 0.3) is 0 Å². The molecule has 0 aliphatic rings. The van der Waals surface area contributed by atoms with Gasteiger partial charge in [-0.2, -0.15) is 0 Å². The summed E-state index contributed by atoms with van der Waals surface area (Å²) in [6.45, 7) is 3.68. The Balaban J connectivity index is 2.80. The maximum atomic E-state index is 13.0. The van der Waals surface area contributed by atoms with Gasteiger partial charge in [-0.3, -0.25) is 4.79 Å². The van der Waals surface area contributed by atoms with E-state index in [0.29, 0.717) is 6.54 Å². The molecular formula is C13H17FN2OS. The maximum absolute atomic E-state index is 13.0. The molecule has 0 fully saturated rings. The lowest BCUT2D eigenvalue weighted by Gasteiger charge is -2.28. The zero-order chi connectivity index (χ0) is 13.9. The molecule has 18 heavy (non-hydrogen) atoms. The second-order valence-corrected chi connectivity index (χ2v) is 5.22. The van der Waals surface area contributed by atoms with E-state index in [1.807, 2.05) is 0 Å². The van der Waals surface area contributed by atoms with Crippen molar-refractivity contribution in [3.63, 3.8) is 0 Å². The van der Waals surface area contributed by atoms with Crippen molar-refractivity contribution >= 4 is 23.1 Å². The Labute approximate surface area is 112 Å². The SMILES string of the molecule is CN(Cc1cccc(F)c1)C(=O)C(C)(C)C(N)=S. The fourth-order valence-electron chi connectivity index (χ4n) is 1.56. The zero-order valence-electron chi connectivity index (χ0n) is 10.7. The molecule has 0 aromatic heterocycles. The maximum Gasteiger partial charge on any atom is 0.235 e. The lowest BCUT2D eigenvalue weighted by molar-refractivity contribution is -0.136. The summed E-state index contributed by atoms with van der Waals surface area (Å²) in [4.78, 5) is 13.8. The van der Waals surface area contributed by atoms with Gasteiger partial charge in [-0.15, -0.1) is 0 Å². The minimum absolute atomic E-state index is 0.151. The number of halogens is 1. The summed E-state index contributed by atoms with van der Waals surface area (Å²) in [6, 6.07) is 6.14. The first-order valence-electron chi connectivity index (χ1n) is 5.55. The third kappa shape index (κ3) is 3.26. The molecule has 1 aromatic carbocycles. The standard InChI is InChI=1S/C13H17FN2OS/c1-13(2,11(15)18)12(17)16(3)8-9-5-4-6-10(14)7-9/h4-7H,8H2,1-3H3,(H2,15,18). The van der Waals surface area contributed by atoms with Gasteiger partial charge in [0.2, 0.25) is 5.91 Å². The molecular weight excluding hydrogens is 251 g/mol. The Morgan fingerprint density at radius 1 is 1.50 bits per heavy atom. The highest BCUT2D eigenvalue weighted by atomic mass is 32.1. The van der Waals surface area contributed by atoms with Crippen molar-refractivity contribution in [3.8, 4) is 0 Å². The van der Waals surface area contributed by atoms with Crippen LogP contribution >= 0.6 is 12.2 Å². The zero-order valence-corrected chi connectivity index (χ0v) is 11.6. The Hall–Kier alpha value is -1.49. The number of carbonyl (C=O) groups excluding carboxylic acids is 1. The molecule has 1 amide bonds. The van der Waals surface area contributed by atoms with Crippen LogP contribution in [0, 0.1) is 11.2 Å². The fraction of sp³-hybridized carbons (Fsp3) is 0.385. The molecule has 0 bridgehead atoms. The number of amides is 1. The van der Waals surface area contributed by atoms with Gasteiger partial charge < -0.3 is 10.6 Å². The van der Waals surface area contributed by atoms with Crippen LogP contribution < -0.4 is 5.73 Å². The van der Waals surface area contributed by atoms with Crippen LogP contribution in [0.5, 0.6) is 0 Å². The van der Waals surface area contributed by atoms with Crippen LogP contribution in [0.3, 0.4) is 0 Å². The highest BCUT2D eigenvalue weighted by Gasteiger charge is 2.33. The average molecular weight is 268 g/mol. The van der Waals surface area contributed by atoms with Gasteiger partial charge in [0.05, 0.1) is 10.4 Å². The predicted molar refractivity (Wildman–Crippen MR) is 73.4 cm³/mol. The van der Waals surface area contributed by atoms with Crippen LogP contribution in [0.2, 0.25) is 0 Å². The molecule has 0 atom stereocenters. The molecule has 3 nitrogen and oxygen atoms in total. The van der Waals surface area contributed by atoms with Gasteiger partial charge in [-0.25, -0.2) is 4.39 Å². The van der Waals surface area contributed by atoms with Crippen LogP contribution in [0.4, 0.5) is 4.39 Å². The molecule has 0 unspecified atom stereocenters. The summed E-state index contributed by atoms with van der Waals surface area (Å²) in [7, 11) is 1.65. The van der Waals surface area contributed by atoms with Crippen molar-refractivity contribution in [3.05, 3.63) is 35.6 Å². The van der Waals surface area contributed by atoms with Gasteiger partial charge in [0.1, 0.15) is 5.82 Å². The molecule has 0 radical (unpaired) electrons. The molecule has 0 saturated carbocycles. The molecule has 1 rings (SSSR count). The Morgan fingerprint density at radius 2 is 2.11 bits per heavy atom. The number of rotatable bonds is 4. The molecule has 1 aromatic rings. The number of nitrogens with zero attached hydrogens (tertiary/aromatic N) is 1. The summed E-state index contributed by atoms with van der Waals surface area (Å²) in [5.74, 6) is -0.499. The Kier molecular flexibility index (Phi) is 4.40. The van der Waals surface area contributed by atoms with Crippen LogP contribution in [0.25, 0.3) is 0 Å². The summed E-state index contributed by atoms with van der Waals surface area (Å²) >= 11 is 4.88. The van der Waals surface area contributed by atoms with E-state index >= 15 is 0 Å². The van der Waals surface area contributed by atoms with Gasteiger partial charge in [-0.1, -0.05) is 24.4 Å². The van der Waals surface area contributed by atoms with Gasteiger partial charge >= 0.3 is 0 Å². The van der Waals surface area contributed by atoms with Crippen LogP contribution in [-0.2, 0) is 11.3 Å². The average Bonchev–Trinajstić information content (AvgIpc) is 2.27. The quantitative estimate of drug-likeness (QED) is 0.851. The van der Waals surface area contributed by atoms with Crippen molar-refractivity contribution in [1.82, 2.24) is 4.90 Å². The summed E-state index contributed by atoms with van der Waals surface area (Å²) in [5.41, 5.74) is 5.39. The number of hydrogen-bond donors (Lipinski definition) is 1. The van der Waals surface area contributed by atoms with Crippen LogP contribution in [-0.4, -0.2) is 22.8 Å². The third-order valence-corrected chi connectivity index (χ3v) is 3.32. The summed E-state index contributed by atoms with van der Waals surface area (Å²) < 4.78 is 13.0. The van der Waals surface area contributed by atoms with Gasteiger partial charge in [-0.05, 0) is 31.5 Å². The van der Waals surface area contributed by atoms with E-state index in [4.69, 9.17) is 18.0 Å². The van der Waals surface area contributed by atoms with Crippen molar-refractivity contribution in [2.24, 2.45) is 11.1 Å². The van der Waals surface area contributed by atoms with E-state index in [1.165, 1.54) is 17.0 Å².